The van der Waals surface area contributed by atoms with Gasteiger partial charge in [-0.2, -0.15) is 13.2 Å². The number of hydrogen-bond donors (Lipinski definition) is 0. The molecule has 3 aromatic heterocycles. The first-order valence-electron chi connectivity index (χ1n) is 15.2. The maximum Gasteiger partial charge on any atom is 0.416 e. The van der Waals surface area contributed by atoms with E-state index in [1.165, 1.54) is 31.0 Å². The van der Waals surface area contributed by atoms with E-state index in [0.717, 1.165) is 29.6 Å². The van der Waals surface area contributed by atoms with Gasteiger partial charge in [0.15, 0.2) is 11.6 Å². The molecule has 12 heteroatoms. The number of pyridine rings is 3. The van der Waals surface area contributed by atoms with Gasteiger partial charge in [0.05, 0.1) is 40.7 Å². The van der Waals surface area contributed by atoms with Crippen LogP contribution in [0.3, 0.4) is 0 Å². The average Bonchev–Trinajstić information content (AvgIpc) is 3.48. The summed E-state index contributed by atoms with van der Waals surface area (Å²) in [4.78, 5) is 25.5. The first-order chi connectivity index (χ1) is 23.1. The number of aromatic nitrogens is 3. The highest BCUT2D eigenvalue weighted by molar-refractivity contribution is 7.99. The van der Waals surface area contributed by atoms with Gasteiger partial charge in [-0.15, -0.1) is 11.8 Å². The summed E-state index contributed by atoms with van der Waals surface area (Å²) in [6.07, 6.45) is -1.87. The molecule has 0 aliphatic carbocycles. The third-order valence-electron chi connectivity index (χ3n) is 8.44. The number of nitrogens with zero attached hydrogens (tertiary/aromatic N) is 4. The lowest BCUT2D eigenvalue weighted by Gasteiger charge is -2.27. The lowest BCUT2D eigenvalue weighted by molar-refractivity contribution is -0.138. The molecule has 0 fully saturated rings. The van der Waals surface area contributed by atoms with Crippen LogP contribution in [0.15, 0.2) is 95.0 Å². The molecule has 0 saturated carbocycles. The van der Waals surface area contributed by atoms with Crippen molar-refractivity contribution in [2.24, 2.45) is 0 Å². The first kappa shape index (κ1) is 33.4. The number of thioether (sulfide) groups is 1. The number of ether oxygens (including phenoxy) is 1. The second-order valence-corrected chi connectivity index (χ2v) is 12.5. The van der Waals surface area contributed by atoms with E-state index in [-0.39, 0.29) is 22.4 Å². The fourth-order valence-electron chi connectivity index (χ4n) is 6.19. The molecule has 0 saturated heterocycles. The van der Waals surface area contributed by atoms with Crippen molar-refractivity contribution in [2.75, 3.05) is 19.4 Å². The average molecular weight is 679 g/mol. The molecule has 1 aliphatic rings. The minimum Gasteiger partial charge on any atom is -0.494 e. The zero-order valence-electron chi connectivity index (χ0n) is 26.1. The third-order valence-corrected chi connectivity index (χ3v) is 9.71. The topological polar surface area (TPSA) is 60.2 Å². The first-order valence-corrected chi connectivity index (χ1v) is 16.2. The van der Waals surface area contributed by atoms with Crippen LogP contribution in [-0.4, -0.2) is 38.8 Å². The molecule has 248 valence electrons. The lowest BCUT2D eigenvalue weighted by Crippen LogP contribution is -2.35. The van der Waals surface area contributed by atoms with Crippen molar-refractivity contribution in [2.45, 2.75) is 43.7 Å². The van der Waals surface area contributed by atoms with Gasteiger partial charge in [-0.3, -0.25) is 24.2 Å². The van der Waals surface area contributed by atoms with Crippen molar-refractivity contribution in [1.29, 1.82) is 0 Å². The molecule has 1 atom stereocenters. The molecule has 0 radical (unpaired) electrons. The molecule has 0 amide bonds. The Morgan fingerprint density at radius 1 is 0.917 bits per heavy atom. The van der Waals surface area contributed by atoms with Gasteiger partial charge in [0.2, 0.25) is 0 Å². The van der Waals surface area contributed by atoms with Crippen LogP contribution >= 0.6 is 11.8 Å². The van der Waals surface area contributed by atoms with Crippen LogP contribution in [0.5, 0.6) is 5.75 Å². The predicted octanol–water partition coefficient (Wildman–Crippen LogP) is 7.86. The van der Waals surface area contributed by atoms with Crippen LogP contribution < -0.4 is 10.3 Å². The SMILES string of the molecule is COc1cccc(-c2c(C)c(Cc3c(F)cccc3C(F)(F)F)c3n(c2=O)C(CN(Cc2ccccn2)Cc2ccccn2)CS3)c1F. The smallest absolute Gasteiger partial charge is 0.416 e. The van der Waals surface area contributed by atoms with Gasteiger partial charge < -0.3 is 4.74 Å². The van der Waals surface area contributed by atoms with Gasteiger partial charge in [0.1, 0.15) is 5.82 Å². The van der Waals surface area contributed by atoms with Crippen molar-refractivity contribution in [3.05, 3.63) is 141 Å². The fourth-order valence-corrected chi connectivity index (χ4v) is 7.57. The Morgan fingerprint density at radius 3 is 2.19 bits per heavy atom. The molecule has 0 spiro atoms. The van der Waals surface area contributed by atoms with Crippen LogP contribution in [0.4, 0.5) is 22.0 Å². The quantitative estimate of drug-likeness (QED) is 0.140. The highest BCUT2D eigenvalue weighted by Gasteiger charge is 2.37. The number of benzene rings is 2. The monoisotopic (exact) mass is 678 g/mol. The molecule has 0 bridgehead atoms. The van der Waals surface area contributed by atoms with Crippen molar-refractivity contribution >= 4 is 11.8 Å². The van der Waals surface area contributed by atoms with Crippen molar-refractivity contribution in [3.8, 4) is 16.9 Å². The molecule has 0 N–H and O–H groups in total. The Hall–Kier alpha value is -4.55. The summed E-state index contributed by atoms with van der Waals surface area (Å²) < 4.78 is 80.0. The number of rotatable bonds is 10. The Morgan fingerprint density at radius 2 is 1.58 bits per heavy atom. The summed E-state index contributed by atoms with van der Waals surface area (Å²) in [5.41, 5.74) is 0.0199. The minimum absolute atomic E-state index is 0.0106. The van der Waals surface area contributed by atoms with Crippen LogP contribution in [-0.2, 0) is 25.7 Å². The minimum atomic E-state index is -4.81. The van der Waals surface area contributed by atoms with Crippen LogP contribution in [0.25, 0.3) is 11.1 Å². The summed E-state index contributed by atoms with van der Waals surface area (Å²) in [5, 5.41) is 0.432. The van der Waals surface area contributed by atoms with Crippen molar-refractivity contribution in [3.63, 3.8) is 0 Å². The van der Waals surface area contributed by atoms with Gasteiger partial charge >= 0.3 is 6.18 Å². The van der Waals surface area contributed by atoms with E-state index in [0.29, 0.717) is 36.0 Å². The molecule has 48 heavy (non-hydrogen) atoms. The molecular weight excluding hydrogens is 647 g/mol. The predicted molar refractivity (Wildman–Crippen MR) is 174 cm³/mol. The molecule has 6 rings (SSSR count). The second-order valence-electron chi connectivity index (χ2n) is 11.5. The lowest BCUT2D eigenvalue weighted by atomic mass is 9.92. The molecule has 6 nitrogen and oxygen atoms in total. The fraction of sp³-hybridized carbons (Fsp3) is 0.250. The normalized spacial score (nSPS) is 14.4. The van der Waals surface area contributed by atoms with Gasteiger partial charge in [-0.25, -0.2) is 8.78 Å². The second kappa shape index (κ2) is 13.9. The highest BCUT2D eigenvalue weighted by Crippen LogP contribution is 2.42. The van der Waals surface area contributed by atoms with Crippen LogP contribution in [0.1, 0.15) is 39.7 Å². The standard InChI is InChI=1S/C36H31F5N4O2S/c1-22-27(17-28-29(36(39,40)41)12-8-13-30(28)37)35-45(34(46)32(22)26-11-7-14-31(47-2)33(26)38)25(21-48-35)20-44(18-23-9-3-5-15-42-23)19-24-10-4-6-16-43-24/h3-16,25H,17-21H2,1-2H3. The van der Waals surface area contributed by atoms with Crippen molar-refractivity contribution in [1.82, 2.24) is 19.4 Å². The Balaban J connectivity index is 1.51. The molecule has 1 aliphatic heterocycles. The Labute approximate surface area is 278 Å². The Bertz CT molecular complexity index is 1950. The van der Waals surface area contributed by atoms with Crippen LogP contribution in [0.2, 0.25) is 0 Å². The number of hydrogen-bond acceptors (Lipinski definition) is 6. The molecule has 5 aromatic rings. The third kappa shape index (κ3) is 6.72. The highest BCUT2D eigenvalue weighted by atomic mass is 32.2. The summed E-state index contributed by atoms with van der Waals surface area (Å²) in [6, 6.07) is 18.0. The van der Waals surface area contributed by atoms with Gasteiger partial charge in [-0.1, -0.05) is 30.3 Å². The Kier molecular flexibility index (Phi) is 9.66. The summed E-state index contributed by atoms with van der Waals surface area (Å²) in [5.74, 6) is -1.46. The summed E-state index contributed by atoms with van der Waals surface area (Å²) >= 11 is 1.32. The van der Waals surface area contributed by atoms with Gasteiger partial charge in [-0.05, 0) is 60.5 Å². The van der Waals surface area contributed by atoms with E-state index in [4.69, 9.17) is 4.74 Å². The number of halogens is 5. The largest absolute Gasteiger partial charge is 0.494 e. The molecule has 1 unspecified atom stereocenters. The van der Waals surface area contributed by atoms with E-state index < -0.39 is 47.0 Å². The van der Waals surface area contributed by atoms with Crippen molar-refractivity contribution < 1.29 is 26.7 Å². The number of fused-ring (bicyclic) bond motifs is 1. The number of alkyl halides is 3. The maximum atomic E-state index is 15.8. The van der Waals surface area contributed by atoms with Gasteiger partial charge in [0.25, 0.3) is 5.56 Å². The van der Waals surface area contributed by atoms with E-state index in [1.54, 1.807) is 30.0 Å². The molecular formula is C36H31F5N4O2S. The van der Waals surface area contributed by atoms with Gasteiger partial charge in [0, 0.05) is 55.3 Å². The van der Waals surface area contributed by atoms with E-state index in [2.05, 4.69) is 14.9 Å². The van der Waals surface area contributed by atoms with E-state index >= 15 is 8.78 Å². The zero-order chi connectivity index (χ0) is 34.0. The zero-order valence-corrected chi connectivity index (χ0v) is 26.9. The summed E-state index contributed by atoms with van der Waals surface area (Å²) in [7, 11) is 1.30. The molecule has 4 heterocycles. The summed E-state index contributed by atoms with van der Waals surface area (Å²) in [6.45, 7) is 2.79. The molecule has 2 aromatic carbocycles. The van der Waals surface area contributed by atoms with E-state index in [9.17, 15) is 18.0 Å². The maximum absolute atomic E-state index is 15.8. The number of methoxy groups -OCH3 is 1. The van der Waals surface area contributed by atoms with E-state index in [1.807, 2.05) is 36.4 Å². The van der Waals surface area contributed by atoms with Crippen LogP contribution in [0, 0.1) is 18.6 Å².